The van der Waals surface area contributed by atoms with Crippen LogP contribution in [0.3, 0.4) is 0 Å². The predicted octanol–water partition coefficient (Wildman–Crippen LogP) is 4.38. The maximum Gasteiger partial charge on any atom is 0.123 e. The van der Waals surface area contributed by atoms with Crippen molar-refractivity contribution < 1.29 is 4.74 Å². The quantitative estimate of drug-likeness (QED) is 0.695. The zero-order valence-electron chi connectivity index (χ0n) is 11.1. The van der Waals surface area contributed by atoms with Crippen LogP contribution >= 0.6 is 0 Å². The number of benzene rings is 1. The Labute approximate surface area is 104 Å². The molecule has 1 aromatic carbocycles. The van der Waals surface area contributed by atoms with E-state index < -0.39 is 0 Å². The molecule has 17 heavy (non-hydrogen) atoms. The Morgan fingerprint density at radius 1 is 1.29 bits per heavy atom. The average Bonchev–Trinajstić information content (AvgIpc) is 2.28. The lowest BCUT2D eigenvalue weighted by Gasteiger charge is -2.48. The number of hydrogen-bond acceptors (Lipinski definition) is 1. The van der Waals surface area contributed by atoms with E-state index in [1.807, 2.05) is 0 Å². The van der Waals surface area contributed by atoms with Crippen LogP contribution < -0.4 is 4.74 Å². The highest BCUT2D eigenvalue weighted by atomic mass is 16.5. The third-order valence-corrected chi connectivity index (χ3v) is 4.71. The molecule has 1 heterocycles. The van der Waals surface area contributed by atoms with Crippen LogP contribution in [-0.4, -0.2) is 5.60 Å². The van der Waals surface area contributed by atoms with Gasteiger partial charge in [0.05, 0.1) is 0 Å². The van der Waals surface area contributed by atoms with Gasteiger partial charge in [-0.1, -0.05) is 32.0 Å². The van der Waals surface area contributed by atoms with Crippen LogP contribution in [0.4, 0.5) is 0 Å². The molecule has 0 aromatic heterocycles. The molecule has 1 aromatic rings. The monoisotopic (exact) mass is 230 g/mol. The lowest BCUT2D eigenvalue weighted by molar-refractivity contribution is -0.00765. The van der Waals surface area contributed by atoms with Crippen LogP contribution in [0.25, 0.3) is 0 Å². The fourth-order valence-electron chi connectivity index (χ4n) is 3.77. The van der Waals surface area contributed by atoms with Gasteiger partial charge >= 0.3 is 0 Å². The number of fused-ring (bicyclic) bond motifs is 4. The van der Waals surface area contributed by atoms with E-state index in [4.69, 9.17) is 4.74 Å². The summed E-state index contributed by atoms with van der Waals surface area (Å²) >= 11 is 0. The zero-order chi connectivity index (χ0) is 12.0. The summed E-state index contributed by atoms with van der Waals surface area (Å²) in [6, 6.07) is 8.65. The third-order valence-electron chi connectivity index (χ3n) is 4.71. The molecular formula is C16H22O. The van der Waals surface area contributed by atoms with E-state index in [1.54, 1.807) is 0 Å². The lowest BCUT2D eigenvalue weighted by atomic mass is 9.64. The Bertz CT molecular complexity index is 423. The standard InChI is InChI=1S/C16H22O/c1-11(2)12-8-9-16(3)10-14(12)13-6-4-5-7-15(13)17-16/h4-7,11-12,14H,8-10H2,1-3H3/t12-,14+,16+/m0/s1. The SMILES string of the molecule is CC(C)[C@@H]1CC[C@]2(C)C[C@H]1c1ccccc1O2. The second-order valence-corrected chi connectivity index (χ2v) is 6.35. The van der Waals surface area contributed by atoms with Crippen molar-refractivity contribution in [2.45, 2.75) is 51.6 Å². The topological polar surface area (TPSA) is 9.23 Å². The van der Waals surface area contributed by atoms with E-state index in [0.717, 1.165) is 17.6 Å². The molecule has 3 rings (SSSR count). The van der Waals surface area contributed by atoms with E-state index in [0.29, 0.717) is 5.92 Å². The summed E-state index contributed by atoms with van der Waals surface area (Å²) in [6.45, 7) is 7.02. The van der Waals surface area contributed by atoms with Crippen LogP contribution in [-0.2, 0) is 0 Å². The van der Waals surface area contributed by atoms with Crippen molar-refractivity contribution in [1.82, 2.24) is 0 Å². The molecule has 2 aliphatic rings. The molecule has 1 nitrogen and oxygen atoms in total. The smallest absolute Gasteiger partial charge is 0.123 e. The maximum atomic E-state index is 6.22. The van der Waals surface area contributed by atoms with E-state index in [2.05, 4.69) is 45.0 Å². The van der Waals surface area contributed by atoms with Gasteiger partial charge < -0.3 is 4.74 Å². The predicted molar refractivity (Wildman–Crippen MR) is 70.4 cm³/mol. The van der Waals surface area contributed by atoms with Crippen molar-refractivity contribution in [3.8, 4) is 5.75 Å². The summed E-state index contributed by atoms with van der Waals surface area (Å²) in [5.74, 6) is 3.44. The van der Waals surface area contributed by atoms with Gasteiger partial charge in [0, 0.05) is 0 Å². The van der Waals surface area contributed by atoms with Crippen LogP contribution in [0.15, 0.2) is 24.3 Å². The second-order valence-electron chi connectivity index (χ2n) is 6.35. The molecule has 1 aliphatic carbocycles. The molecule has 0 unspecified atom stereocenters. The van der Waals surface area contributed by atoms with Crippen LogP contribution in [0.2, 0.25) is 0 Å². The van der Waals surface area contributed by atoms with Gasteiger partial charge in [0.25, 0.3) is 0 Å². The van der Waals surface area contributed by atoms with Crippen LogP contribution in [0, 0.1) is 11.8 Å². The molecule has 1 aliphatic heterocycles. The molecule has 0 saturated heterocycles. The highest BCUT2D eigenvalue weighted by molar-refractivity contribution is 5.40. The fraction of sp³-hybridized carbons (Fsp3) is 0.625. The molecule has 2 bridgehead atoms. The maximum absolute atomic E-state index is 6.22. The number of ether oxygens (including phenoxy) is 1. The van der Waals surface area contributed by atoms with E-state index >= 15 is 0 Å². The largest absolute Gasteiger partial charge is 0.487 e. The molecular weight excluding hydrogens is 208 g/mol. The Hall–Kier alpha value is -0.980. The highest BCUT2D eigenvalue weighted by Gasteiger charge is 2.45. The van der Waals surface area contributed by atoms with Crippen molar-refractivity contribution in [1.29, 1.82) is 0 Å². The Morgan fingerprint density at radius 3 is 2.82 bits per heavy atom. The Kier molecular flexibility index (Phi) is 2.46. The fourth-order valence-corrected chi connectivity index (χ4v) is 3.77. The zero-order valence-corrected chi connectivity index (χ0v) is 11.1. The lowest BCUT2D eigenvalue weighted by Crippen LogP contribution is -2.45. The van der Waals surface area contributed by atoms with Crippen molar-refractivity contribution in [2.75, 3.05) is 0 Å². The molecule has 0 amide bonds. The summed E-state index contributed by atoms with van der Waals surface area (Å²) in [6.07, 6.45) is 3.72. The first-order chi connectivity index (χ1) is 8.09. The number of para-hydroxylation sites is 1. The summed E-state index contributed by atoms with van der Waals surface area (Å²) in [7, 11) is 0. The molecule has 1 saturated carbocycles. The summed E-state index contributed by atoms with van der Waals surface area (Å²) in [4.78, 5) is 0. The summed E-state index contributed by atoms with van der Waals surface area (Å²) in [5.41, 5.74) is 1.54. The molecule has 0 spiro atoms. The summed E-state index contributed by atoms with van der Waals surface area (Å²) in [5, 5.41) is 0. The van der Waals surface area contributed by atoms with Crippen LogP contribution in [0.5, 0.6) is 5.75 Å². The van der Waals surface area contributed by atoms with Gasteiger partial charge in [-0.2, -0.15) is 0 Å². The summed E-state index contributed by atoms with van der Waals surface area (Å²) < 4.78 is 6.22. The van der Waals surface area contributed by atoms with E-state index in [9.17, 15) is 0 Å². The minimum Gasteiger partial charge on any atom is -0.487 e. The van der Waals surface area contributed by atoms with Gasteiger partial charge in [-0.3, -0.25) is 0 Å². The third kappa shape index (κ3) is 1.76. The first-order valence-electron chi connectivity index (χ1n) is 6.87. The second kappa shape index (κ2) is 3.76. The Morgan fingerprint density at radius 2 is 2.06 bits per heavy atom. The minimum absolute atomic E-state index is 0.0877. The van der Waals surface area contributed by atoms with E-state index in [-0.39, 0.29) is 5.60 Å². The molecule has 92 valence electrons. The van der Waals surface area contributed by atoms with Crippen molar-refractivity contribution >= 4 is 0 Å². The average molecular weight is 230 g/mol. The molecule has 0 radical (unpaired) electrons. The van der Waals surface area contributed by atoms with Gasteiger partial charge in [-0.05, 0) is 55.6 Å². The van der Waals surface area contributed by atoms with Gasteiger partial charge in [0.15, 0.2) is 0 Å². The highest BCUT2D eigenvalue weighted by Crippen LogP contribution is 2.52. The molecule has 3 atom stereocenters. The van der Waals surface area contributed by atoms with Gasteiger partial charge in [-0.15, -0.1) is 0 Å². The van der Waals surface area contributed by atoms with Gasteiger partial charge in [-0.25, -0.2) is 0 Å². The normalized spacial score (nSPS) is 35.3. The first-order valence-corrected chi connectivity index (χ1v) is 6.87. The van der Waals surface area contributed by atoms with Crippen molar-refractivity contribution in [3.05, 3.63) is 29.8 Å². The molecule has 0 N–H and O–H groups in total. The van der Waals surface area contributed by atoms with Crippen molar-refractivity contribution in [2.24, 2.45) is 11.8 Å². The van der Waals surface area contributed by atoms with Gasteiger partial charge in [0.1, 0.15) is 11.4 Å². The number of hydrogen-bond donors (Lipinski definition) is 0. The molecule has 1 heteroatoms. The number of rotatable bonds is 1. The van der Waals surface area contributed by atoms with Crippen molar-refractivity contribution in [3.63, 3.8) is 0 Å². The van der Waals surface area contributed by atoms with Gasteiger partial charge in [0.2, 0.25) is 0 Å². The first kappa shape index (κ1) is 11.1. The van der Waals surface area contributed by atoms with E-state index in [1.165, 1.54) is 24.8 Å². The van der Waals surface area contributed by atoms with Crippen LogP contribution in [0.1, 0.15) is 51.5 Å². The Balaban J connectivity index is 2.05. The molecule has 1 fully saturated rings. The minimum atomic E-state index is 0.0877.